The number of aliphatic hydroxyl groups excluding tert-OH is 1. The molecular formula is C17H31N3O4. The van der Waals surface area contributed by atoms with Crippen molar-refractivity contribution in [2.75, 3.05) is 52.5 Å². The molecule has 0 saturated carbocycles. The molecule has 0 radical (unpaired) electrons. The quantitative estimate of drug-likeness (QED) is 0.693. The third kappa shape index (κ3) is 4.91. The summed E-state index contributed by atoms with van der Waals surface area (Å²) in [5.41, 5.74) is 0. The maximum atomic E-state index is 12.6. The SMILES string of the molecule is CCOC[C@H](O)CN1CCN(C(=O)[C@@H]2CC(=O)N(C(C)C)C2)CC1. The van der Waals surface area contributed by atoms with Gasteiger partial charge in [0.25, 0.3) is 0 Å². The molecule has 0 aliphatic carbocycles. The van der Waals surface area contributed by atoms with Gasteiger partial charge < -0.3 is 19.6 Å². The Hall–Kier alpha value is -1.18. The van der Waals surface area contributed by atoms with E-state index < -0.39 is 6.10 Å². The van der Waals surface area contributed by atoms with Crippen LogP contribution >= 0.6 is 0 Å². The van der Waals surface area contributed by atoms with Crippen LogP contribution in [0.5, 0.6) is 0 Å². The van der Waals surface area contributed by atoms with Crippen molar-refractivity contribution in [3.8, 4) is 0 Å². The minimum atomic E-state index is -0.487. The lowest BCUT2D eigenvalue weighted by atomic mass is 10.1. The molecule has 2 rings (SSSR count). The largest absolute Gasteiger partial charge is 0.389 e. The van der Waals surface area contributed by atoms with E-state index in [1.807, 2.05) is 25.7 Å². The van der Waals surface area contributed by atoms with Gasteiger partial charge in [-0.1, -0.05) is 0 Å². The monoisotopic (exact) mass is 341 g/mol. The summed E-state index contributed by atoms with van der Waals surface area (Å²) in [7, 11) is 0. The topological polar surface area (TPSA) is 73.3 Å². The van der Waals surface area contributed by atoms with Crippen LogP contribution in [0.3, 0.4) is 0 Å². The number of nitrogens with zero attached hydrogens (tertiary/aromatic N) is 3. The van der Waals surface area contributed by atoms with E-state index in [0.717, 1.165) is 13.1 Å². The van der Waals surface area contributed by atoms with E-state index in [1.54, 1.807) is 4.90 Å². The standard InChI is InChI=1S/C17H31N3O4/c1-4-24-12-15(21)11-18-5-7-19(8-6-18)17(23)14-9-16(22)20(10-14)13(2)3/h13-15,21H,4-12H2,1-3H3/t14-,15-/m1/s1. The number of carbonyl (C=O) groups excluding carboxylic acids is 2. The Bertz CT molecular complexity index is 436. The molecule has 0 aromatic heterocycles. The van der Waals surface area contributed by atoms with Gasteiger partial charge >= 0.3 is 0 Å². The van der Waals surface area contributed by atoms with Crippen molar-refractivity contribution in [2.24, 2.45) is 5.92 Å². The Morgan fingerprint density at radius 1 is 1.29 bits per heavy atom. The Morgan fingerprint density at radius 3 is 2.50 bits per heavy atom. The number of amides is 2. The molecule has 0 spiro atoms. The van der Waals surface area contributed by atoms with Crippen LogP contribution in [0, 0.1) is 5.92 Å². The zero-order valence-electron chi connectivity index (χ0n) is 15.1. The summed E-state index contributed by atoms with van der Waals surface area (Å²) in [5.74, 6) is -0.0166. The average Bonchev–Trinajstić information content (AvgIpc) is 2.95. The van der Waals surface area contributed by atoms with Crippen molar-refractivity contribution in [3.05, 3.63) is 0 Å². The number of aliphatic hydroxyl groups is 1. The summed E-state index contributed by atoms with van der Waals surface area (Å²) < 4.78 is 5.23. The number of likely N-dealkylation sites (tertiary alicyclic amines) is 1. The minimum Gasteiger partial charge on any atom is -0.389 e. The predicted octanol–water partition coefficient (Wildman–Crippen LogP) is -0.215. The number of β-amino-alcohol motifs (C(OH)–C–C–N with tert-alkyl or cyclic N) is 1. The van der Waals surface area contributed by atoms with Gasteiger partial charge in [0.15, 0.2) is 0 Å². The second-order valence-electron chi connectivity index (χ2n) is 6.98. The highest BCUT2D eigenvalue weighted by Gasteiger charge is 2.38. The van der Waals surface area contributed by atoms with Crippen molar-refractivity contribution in [1.82, 2.24) is 14.7 Å². The summed E-state index contributed by atoms with van der Waals surface area (Å²) in [6, 6.07) is 0.152. The molecule has 2 fully saturated rings. The molecule has 24 heavy (non-hydrogen) atoms. The molecule has 2 amide bonds. The zero-order chi connectivity index (χ0) is 17.7. The van der Waals surface area contributed by atoms with Crippen molar-refractivity contribution in [2.45, 2.75) is 39.3 Å². The summed E-state index contributed by atoms with van der Waals surface area (Å²) >= 11 is 0. The first-order chi connectivity index (χ1) is 11.4. The van der Waals surface area contributed by atoms with Crippen LogP contribution < -0.4 is 0 Å². The number of rotatable bonds is 7. The maximum absolute atomic E-state index is 12.6. The molecule has 7 nitrogen and oxygen atoms in total. The smallest absolute Gasteiger partial charge is 0.228 e. The van der Waals surface area contributed by atoms with Crippen molar-refractivity contribution in [1.29, 1.82) is 0 Å². The van der Waals surface area contributed by atoms with Crippen molar-refractivity contribution >= 4 is 11.8 Å². The van der Waals surface area contributed by atoms with Crippen LogP contribution in [0.4, 0.5) is 0 Å². The third-order valence-corrected chi connectivity index (χ3v) is 4.80. The van der Waals surface area contributed by atoms with E-state index in [0.29, 0.717) is 45.8 Å². The minimum absolute atomic E-state index is 0.0843. The molecule has 0 unspecified atom stereocenters. The van der Waals surface area contributed by atoms with Gasteiger partial charge in [0.2, 0.25) is 11.8 Å². The van der Waals surface area contributed by atoms with Crippen LogP contribution in [0.1, 0.15) is 27.2 Å². The molecule has 2 saturated heterocycles. The van der Waals surface area contributed by atoms with Crippen LogP contribution in [-0.4, -0.2) is 96.2 Å². The highest BCUT2D eigenvalue weighted by atomic mass is 16.5. The molecule has 2 aliphatic rings. The van der Waals surface area contributed by atoms with Crippen molar-refractivity contribution < 1.29 is 19.4 Å². The highest BCUT2D eigenvalue weighted by molar-refractivity contribution is 5.89. The first-order valence-electron chi connectivity index (χ1n) is 8.98. The number of ether oxygens (including phenoxy) is 1. The number of hydrogen-bond donors (Lipinski definition) is 1. The van der Waals surface area contributed by atoms with E-state index >= 15 is 0 Å². The number of piperazine rings is 1. The van der Waals surface area contributed by atoms with Gasteiger partial charge in [-0.25, -0.2) is 0 Å². The van der Waals surface area contributed by atoms with Crippen molar-refractivity contribution in [3.63, 3.8) is 0 Å². The molecule has 0 aromatic rings. The van der Waals surface area contributed by atoms with Gasteiger partial charge in [-0.3, -0.25) is 14.5 Å². The molecule has 0 bridgehead atoms. The fraction of sp³-hybridized carbons (Fsp3) is 0.882. The molecular weight excluding hydrogens is 310 g/mol. The van der Waals surface area contributed by atoms with E-state index in [9.17, 15) is 14.7 Å². The third-order valence-electron chi connectivity index (χ3n) is 4.80. The van der Waals surface area contributed by atoms with E-state index in [4.69, 9.17) is 4.74 Å². The lowest BCUT2D eigenvalue weighted by molar-refractivity contribution is -0.137. The lowest BCUT2D eigenvalue weighted by Crippen LogP contribution is -2.52. The van der Waals surface area contributed by atoms with Crippen LogP contribution in [0.15, 0.2) is 0 Å². The highest BCUT2D eigenvalue weighted by Crippen LogP contribution is 2.22. The number of hydrogen-bond acceptors (Lipinski definition) is 5. The van der Waals surface area contributed by atoms with Gasteiger partial charge in [0, 0.05) is 58.3 Å². The molecule has 0 aromatic carbocycles. The van der Waals surface area contributed by atoms with Gasteiger partial charge in [0.1, 0.15) is 0 Å². The average molecular weight is 341 g/mol. The van der Waals surface area contributed by atoms with E-state index in [-0.39, 0.29) is 23.8 Å². The lowest BCUT2D eigenvalue weighted by Gasteiger charge is -2.36. The Morgan fingerprint density at radius 2 is 1.96 bits per heavy atom. The van der Waals surface area contributed by atoms with Crippen LogP contribution in [0.2, 0.25) is 0 Å². The summed E-state index contributed by atoms with van der Waals surface area (Å²) in [6.45, 7) is 10.8. The molecule has 2 aliphatic heterocycles. The zero-order valence-corrected chi connectivity index (χ0v) is 15.1. The molecule has 2 atom stereocenters. The Labute approximate surface area is 144 Å². The maximum Gasteiger partial charge on any atom is 0.228 e. The molecule has 138 valence electrons. The summed E-state index contributed by atoms with van der Waals surface area (Å²) in [5, 5.41) is 9.90. The van der Waals surface area contributed by atoms with Crippen LogP contribution in [0.25, 0.3) is 0 Å². The van der Waals surface area contributed by atoms with Gasteiger partial charge in [0.05, 0.1) is 18.6 Å². The second-order valence-corrected chi connectivity index (χ2v) is 6.98. The first-order valence-corrected chi connectivity index (χ1v) is 8.98. The predicted molar refractivity (Wildman–Crippen MR) is 90.5 cm³/mol. The molecule has 1 N–H and O–H groups in total. The normalized spacial score (nSPS) is 24.0. The Balaban J connectivity index is 1.76. The second kappa shape index (κ2) is 8.78. The molecule has 2 heterocycles. The fourth-order valence-corrected chi connectivity index (χ4v) is 3.41. The summed E-state index contributed by atoms with van der Waals surface area (Å²) in [6.07, 6.45) is -0.149. The van der Waals surface area contributed by atoms with Gasteiger partial charge in [-0.05, 0) is 20.8 Å². The van der Waals surface area contributed by atoms with Gasteiger partial charge in [-0.2, -0.15) is 0 Å². The summed E-state index contributed by atoms with van der Waals surface area (Å²) in [4.78, 5) is 30.4. The number of carbonyl (C=O) groups is 2. The van der Waals surface area contributed by atoms with E-state index in [2.05, 4.69) is 4.90 Å². The first kappa shape index (κ1) is 19.1. The van der Waals surface area contributed by atoms with Crippen LogP contribution in [-0.2, 0) is 14.3 Å². The van der Waals surface area contributed by atoms with Gasteiger partial charge in [-0.15, -0.1) is 0 Å². The molecule has 7 heteroatoms. The fourth-order valence-electron chi connectivity index (χ4n) is 3.41. The Kier molecular flexibility index (Phi) is 7.01. The van der Waals surface area contributed by atoms with E-state index in [1.165, 1.54) is 0 Å².